The Morgan fingerprint density at radius 2 is 0.962 bits per heavy atom. The van der Waals surface area contributed by atoms with E-state index in [4.69, 9.17) is 5.11 Å². The van der Waals surface area contributed by atoms with Crippen LogP contribution in [0.3, 0.4) is 0 Å². The molecule has 158 valence electrons. The van der Waals surface area contributed by atoms with E-state index in [0.29, 0.717) is 0 Å². The third-order valence-corrected chi connectivity index (χ3v) is 2.63. The molecule has 0 aromatic rings. The van der Waals surface area contributed by atoms with Gasteiger partial charge in [0.2, 0.25) is 0 Å². The standard InChI is InChI=1S/C11H13F11O4/c12-7(13,8(14,15)10(18,19)20)9(16,17)11(21,22)26-6-5-25-4-3-24-2-1-23/h23H,1-6H2. The second-order valence-electron chi connectivity index (χ2n) is 4.53. The Morgan fingerprint density at radius 1 is 0.538 bits per heavy atom. The molecule has 15 heteroatoms. The number of alkyl halides is 11. The van der Waals surface area contributed by atoms with Gasteiger partial charge in [0.25, 0.3) is 0 Å². The Hall–Kier alpha value is -0.930. The number of aliphatic hydroxyl groups excluding tert-OH is 1. The Kier molecular flexibility index (Phi) is 8.52. The highest BCUT2D eigenvalue weighted by Crippen LogP contribution is 2.57. The number of halogens is 11. The fourth-order valence-corrected chi connectivity index (χ4v) is 1.26. The molecule has 26 heavy (non-hydrogen) atoms. The van der Waals surface area contributed by atoms with E-state index in [9.17, 15) is 48.3 Å². The van der Waals surface area contributed by atoms with Crippen molar-refractivity contribution < 1.29 is 67.6 Å². The maximum Gasteiger partial charge on any atom is 0.460 e. The number of rotatable bonds is 12. The van der Waals surface area contributed by atoms with Gasteiger partial charge in [-0.2, -0.15) is 48.3 Å². The van der Waals surface area contributed by atoms with Crippen molar-refractivity contribution in [1.29, 1.82) is 0 Å². The summed E-state index contributed by atoms with van der Waals surface area (Å²) in [7, 11) is 0. The predicted octanol–water partition coefficient (Wildman–Crippen LogP) is 3.09. The molecule has 0 saturated heterocycles. The zero-order valence-corrected chi connectivity index (χ0v) is 12.6. The topological polar surface area (TPSA) is 47.9 Å². The van der Waals surface area contributed by atoms with Crippen molar-refractivity contribution in [2.24, 2.45) is 0 Å². The molecule has 0 aliphatic heterocycles. The van der Waals surface area contributed by atoms with Crippen molar-refractivity contribution in [2.75, 3.05) is 39.6 Å². The summed E-state index contributed by atoms with van der Waals surface area (Å²) in [5.41, 5.74) is 0. The van der Waals surface area contributed by atoms with E-state index in [0.717, 1.165) is 0 Å². The fraction of sp³-hybridized carbons (Fsp3) is 1.00. The van der Waals surface area contributed by atoms with Crippen LogP contribution in [0.25, 0.3) is 0 Å². The molecule has 0 aromatic heterocycles. The highest BCUT2D eigenvalue weighted by Gasteiger charge is 2.87. The molecular weight excluding hydrogens is 405 g/mol. The molecule has 0 aliphatic rings. The van der Waals surface area contributed by atoms with Crippen LogP contribution < -0.4 is 0 Å². The Balaban J connectivity index is 4.83. The Bertz CT molecular complexity index is 425. The zero-order chi connectivity index (χ0) is 20.9. The molecule has 0 saturated carbocycles. The van der Waals surface area contributed by atoms with Crippen molar-refractivity contribution in [3.8, 4) is 0 Å². The Labute approximate surface area is 138 Å². The van der Waals surface area contributed by atoms with Gasteiger partial charge in [-0.3, -0.25) is 0 Å². The first-order chi connectivity index (χ1) is 11.6. The van der Waals surface area contributed by atoms with E-state index in [2.05, 4.69) is 14.2 Å². The molecule has 0 fully saturated rings. The summed E-state index contributed by atoms with van der Waals surface area (Å²) in [6, 6.07) is 0. The van der Waals surface area contributed by atoms with E-state index in [1.165, 1.54) is 0 Å². The lowest BCUT2D eigenvalue weighted by Gasteiger charge is -2.36. The van der Waals surface area contributed by atoms with Gasteiger partial charge in [-0.15, -0.1) is 0 Å². The Morgan fingerprint density at radius 3 is 1.38 bits per heavy atom. The minimum absolute atomic E-state index is 0.105. The highest BCUT2D eigenvalue weighted by atomic mass is 19.4. The smallest absolute Gasteiger partial charge is 0.394 e. The number of aliphatic hydroxyl groups is 1. The molecule has 4 nitrogen and oxygen atoms in total. The average Bonchev–Trinajstić information content (AvgIpc) is 2.48. The minimum Gasteiger partial charge on any atom is -0.394 e. The lowest BCUT2D eigenvalue weighted by atomic mass is 10.0. The lowest BCUT2D eigenvalue weighted by molar-refractivity contribution is -0.457. The fourth-order valence-electron chi connectivity index (χ4n) is 1.26. The monoisotopic (exact) mass is 418 g/mol. The van der Waals surface area contributed by atoms with E-state index in [1.807, 2.05) is 0 Å². The molecule has 0 aromatic carbocycles. The summed E-state index contributed by atoms with van der Waals surface area (Å²) in [4.78, 5) is 0. The SMILES string of the molecule is OCCOCCOCCOC(F)(F)C(F)(F)C(F)(F)C(F)(F)C(F)(F)F. The quantitative estimate of drug-likeness (QED) is 0.391. The molecule has 0 aliphatic carbocycles. The summed E-state index contributed by atoms with van der Waals surface area (Å²) >= 11 is 0. The molecular formula is C11H13F11O4. The van der Waals surface area contributed by atoms with Gasteiger partial charge in [-0.25, -0.2) is 0 Å². The first-order valence-electron chi connectivity index (χ1n) is 6.54. The molecule has 0 heterocycles. The van der Waals surface area contributed by atoms with Gasteiger partial charge in [0.05, 0.1) is 39.6 Å². The molecule has 0 rings (SSSR count). The van der Waals surface area contributed by atoms with Crippen LogP contribution in [0.2, 0.25) is 0 Å². The van der Waals surface area contributed by atoms with Crippen LogP contribution in [0.4, 0.5) is 48.3 Å². The van der Waals surface area contributed by atoms with Gasteiger partial charge in [0, 0.05) is 0 Å². The van der Waals surface area contributed by atoms with Crippen LogP contribution in [0, 0.1) is 0 Å². The van der Waals surface area contributed by atoms with Gasteiger partial charge in [0.1, 0.15) is 0 Å². The summed E-state index contributed by atoms with van der Waals surface area (Å²) < 4.78 is 151. The summed E-state index contributed by atoms with van der Waals surface area (Å²) in [5.74, 6) is -22.1. The molecule has 0 unspecified atom stereocenters. The second-order valence-corrected chi connectivity index (χ2v) is 4.53. The summed E-state index contributed by atoms with van der Waals surface area (Å²) in [6.45, 7) is -3.41. The first kappa shape index (κ1) is 25.1. The predicted molar refractivity (Wildman–Crippen MR) is 60.5 cm³/mol. The average molecular weight is 418 g/mol. The molecule has 0 bridgehead atoms. The van der Waals surface area contributed by atoms with Gasteiger partial charge in [0.15, 0.2) is 0 Å². The largest absolute Gasteiger partial charge is 0.460 e. The van der Waals surface area contributed by atoms with Crippen LogP contribution in [0.15, 0.2) is 0 Å². The zero-order valence-electron chi connectivity index (χ0n) is 12.6. The van der Waals surface area contributed by atoms with Gasteiger partial charge < -0.3 is 19.3 Å². The lowest BCUT2D eigenvalue weighted by Crippen LogP contribution is -2.67. The molecule has 1 N–H and O–H groups in total. The van der Waals surface area contributed by atoms with Crippen LogP contribution in [-0.4, -0.2) is 74.8 Å². The number of hydrogen-bond donors (Lipinski definition) is 1. The van der Waals surface area contributed by atoms with E-state index >= 15 is 0 Å². The summed E-state index contributed by atoms with van der Waals surface area (Å²) in [5, 5.41) is 8.32. The normalized spacial score (nSPS) is 14.8. The van der Waals surface area contributed by atoms with Crippen LogP contribution in [0.1, 0.15) is 0 Å². The summed E-state index contributed by atoms with van der Waals surface area (Å²) in [6.07, 6.45) is -13.6. The van der Waals surface area contributed by atoms with Crippen molar-refractivity contribution in [1.82, 2.24) is 0 Å². The number of ether oxygens (including phenoxy) is 3. The first-order valence-corrected chi connectivity index (χ1v) is 6.54. The van der Waals surface area contributed by atoms with E-state index in [-0.39, 0.29) is 26.4 Å². The van der Waals surface area contributed by atoms with Gasteiger partial charge in [-0.05, 0) is 0 Å². The van der Waals surface area contributed by atoms with E-state index in [1.54, 1.807) is 0 Å². The molecule has 0 amide bonds. The third-order valence-electron chi connectivity index (χ3n) is 2.63. The van der Waals surface area contributed by atoms with Crippen molar-refractivity contribution in [3.05, 3.63) is 0 Å². The van der Waals surface area contributed by atoms with Crippen molar-refractivity contribution in [3.63, 3.8) is 0 Å². The molecule has 0 spiro atoms. The van der Waals surface area contributed by atoms with Gasteiger partial charge in [-0.1, -0.05) is 0 Å². The third kappa shape index (κ3) is 5.29. The molecule has 0 atom stereocenters. The van der Waals surface area contributed by atoms with E-state index < -0.39 is 43.3 Å². The van der Waals surface area contributed by atoms with Crippen LogP contribution in [0.5, 0.6) is 0 Å². The number of hydrogen-bond acceptors (Lipinski definition) is 4. The maximum atomic E-state index is 13.0. The highest BCUT2D eigenvalue weighted by molar-refractivity contribution is 5.03. The minimum atomic E-state index is -7.50. The van der Waals surface area contributed by atoms with Crippen molar-refractivity contribution in [2.45, 2.75) is 30.1 Å². The molecule has 0 radical (unpaired) electrons. The van der Waals surface area contributed by atoms with Crippen LogP contribution >= 0.6 is 0 Å². The van der Waals surface area contributed by atoms with Gasteiger partial charge >= 0.3 is 30.1 Å². The van der Waals surface area contributed by atoms with Crippen LogP contribution in [-0.2, 0) is 14.2 Å². The second kappa shape index (κ2) is 8.84. The van der Waals surface area contributed by atoms with Crippen molar-refractivity contribution >= 4 is 0 Å². The maximum absolute atomic E-state index is 13.0.